The first-order valence-electron chi connectivity index (χ1n) is 8.23. The Hall–Kier alpha value is -2.60. The summed E-state index contributed by atoms with van der Waals surface area (Å²) >= 11 is 0. The van der Waals surface area contributed by atoms with Gasteiger partial charge in [0.15, 0.2) is 11.5 Å². The Bertz CT molecular complexity index is 748. The van der Waals surface area contributed by atoms with Crippen molar-refractivity contribution in [1.29, 1.82) is 0 Å². The highest BCUT2D eigenvalue weighted by Crippen LogP contribution is 2.35. The maximum absolute atomic E-state index is 12.3. The van der Waals surface area contributed by atoms with Crippen molar-refractivity contribution in [3.63, 3.8) is 0 Å². The highest BCUT2D eigenvalue weighted by Gasteiger charge is 2.23. The molecule has 2 aromatic rings. The van der Waals surface area contributed by atoms with Gasteiger partial charge >= 0.3 is 0 Å². The molecule has 1 aromatic heterocycles. The lowest BCUT2D eigenvalue weighted by atomic mass is 9.96. The van der Waals surface area contributed by atoms with E-state index in [4.69, 9.17) is 14.2 Å². The number of hydrogen-bond donors (Lipinski definition) is 1. The van der Waals surface area contributed by atoms with Crippen LogP contribution in [0.25, 0.3) is 0 Å². The minimum atomic E-state index is -0.186. The van der Waals surface area contributed by atoms with Crippen LogP contribution in [0.3, 0.4) is 0 Å². The molecule has 6 nitrogen and oxygen atoms in total. The molecule has 25 heavy (non-hydrogen) atoms. The summed E-state index contributed by atoms with van der Waals surface area (Å²) in [5.41, 5.74) is 2.23. The van der Waals surface area contributed by atoms with Crippen LogP contribution in [0.2, 0.25) is 0 Å². The zero-order valence-corrected chi connectivity index (χ0v) is 14.5. The lowest BCUT2D eigenvalue weighted by molar-refractivity contribution is 0.0932. The molecule has 1 aliphatic rings. The Morgan fingerprint density at radius 2 is 2.12 bits per heavy atom. The number of aromatic nitrogens is 1. The standard InChI is InChI=1S/C19H22N2O4/c1-23-12-15-6-4-7-16(21-15)19(22)20-10-13-9-14-5-3-8-17(24-2)18(14)25-11-13/h3-8,13H,9-12H2,1-2H3,(H,20,22)/t13-/m1/s1. The number of ether oxygens (including phenoxy) is 3. The minimum Gasteiger partial charge on any atom is -0.493 e. The van der Waals surface area contributed by atoms with Crippen LogP contribution in [0.1, 0.15) is 21.7 Å². The summed E-state index contributed by atoms with van der Waals surface area (Å²) in [5, 5.41) is 2.94. The van der Waals surface area contributed by atoms with Gasteiger partial charge in [-0.1, -0.05) is 18.2 Å². The van der Waals surface area contributed by atoms with E-state index in [0.29, 0.717) is 25.5 Å². The summed E-state index contributed by atoms with van der Waals surface area (Å²) in [5.74, 6) is 1.58. The van der Waals surface area contributed by atoms with Crippen molar-refractivity contribution >= 4 is 5.91 Å². The van der Waals surface area contributed by atoms with Crippen LogP contribution < -0.4 is 14.8 Å². The Labute approximate surface area is 147 Å². The first kappa shape index (κ1) is 17.2. The molecule has 0 saturated heterocycles. The second-order valence-corrected chi connectivity index (χ2v) is 5.99. The van der Waals surface area contributed by atoms with Crippen LogP contribution in [0, 0.1) is 5.92 Å². The third kappa shape index (κ3) is 4.09. The van der Waals surface area contributed by atoms with E-state index < -0.39 is 0 Å². The molecule has 0 bridgehead atoms. The van der Waals surface area contributed by atoms with Crippen molar-refractivity contribution in [3.05, 3.63) is 53.3 Å². The largest absolute Gasteiger partial charge is 0.493 e. The number of nitrogens with one attached hydrogen (secondary N) is 1. The van der Waals surface area contributed by atoms with Crippen LogP contribution in [-0.2, 0) is 17.8 Å². The van der Waals surface area contributed by atoms with E-state index in [2.05, 4.69) is 10.3 Å². The number of methoxy groups -OCH3 is 2. The highest BCUT2D eigenvalue weighted by atomic mass is 16.5. The average Bonchev–Trinajstić information content (AvgIpc) is 2.65. The van der Waals surface area contributed by atoms with Crippen molar-refractivity contribution in [2.75, 3.05) is 27.4 Å². The summed E-state index contributed by atoms with van der Waals surface area (Å²) in [6.07, 6.45) is 0.837. The first-order chi connectivity index (χ1) is 12.2. The van der Waals surface area contributed by atoms with Gasteiger partial charge in [0.25, 0.3) is 5.91 Å². The fourth-order valence-corrected chi connectivity index (χ4v) is 2.91. The Kier molecular flexibility index (Phi) is 5.50. The smallest absolute Gasteiger partial charge is 0.269 e. The quantitative estimate of drug-likeness (QED) is 0.872. The number of pyridine rings is 1. The molecule has 1 aliphatic heterocycles. The predicted molar refractivity (Wildman–Crippen MR) is 93.0 cm³/mol. The molecule has 0 radical (unpaired) electrons. The zero-order valence-electron chi connectivity index (χ0n) is 14.5. The zero-order chi connectivity index (χ0) is 17.6. The van der Waals surface area contributed by atoms with Gasteiger partial charge in [0, 0.05) is 19.6 Å². The number of nitrogens with zero attached hydrogens (tertiary/aromatic N) is 1. The number of amides is 1. The summed E-state index contributed by atoms with van der Waals surface area (Å²) < 4.78 is 16.2. The van der Waals surface area contributed by atoms with Gasteiger partial charge in [-0.2, -0.15) is 0 Å². The van der Waals surface area contributed by atoms with Crippen molar-refractivity contribution in [2.45, 2.75) is 13.0 Å². The van der Waals surface area contributed by atoms with E-state index in [1.54, 1.807) is 20.3 Å². The van der Waals surface area contributed by atoms with Gasteiger partial charge in [-0.15, -0.1) is 0 Å². The topological polar surface area (TPSA) is 69.7 Å². The second-order valence-electron chi connectivity index (χ2n) is 5.99. The fourth-order valence-electron chi connectivity index (χ4n) is 2.91. The van der Waals surface area contributed by atoms with Crippen molar-refractivity contribution in [2.24, 2.45) is 5.92 Å². The number of fused-ring (bicyclic) bond motifs is 1. The second kappa shape index (κ2) is 7.98. The molecule has 1 atom stereocenters. The van der Waals surface area contributed by atoms with Crippen molar-refractivity contribution in [1.82, 2.24) is 10.3 Å². The predicted octanol–water partition coefficient (Wildman–Crippen LogP) is 2.22. The molecular weight excluding hydrogens is 320 g/mol. The molecule has 2 heterocycles. The molecule has 0 saturated carbocycles. The Balaban J connectivity index is 1.59. The lowest BCUT2D eigenvalue weighted by Gasteiger charge is -2.26. The molecule has 0 spiro atoms. The molecule has 1 aromatic carbocycles. The monoisotopic (exact) mass is 342 g/mol. The number of hydrogen-bond acceptors (Lipinski definition) is 5. The van der Waals surface area contributed by atoms with E-state index in [9.17, 15) is 4.79 Å². The SMILES string of the molecule is COCc1cccc(C(=O)NC[C@@H]2COc3c(cccc3OC)C2)n1. The number of para-hydroxylation sites is 1. The van der Waals surface area contributed by atoms with Crippen LogP contribution in [0.5, 0.6) is 11.5 Å². The van der Waals surface area contributed by atoms with Crippen LogP contribution >= 0.6 is 0 Å². The van der Waals surface area contributed by atoms with Gasteiger partial charge in [-0.25, -0.2) is 4.98 Å². The fraction of sp³-hybridized carbons (Fsp3) is 0.368. The van der Waals surface area contributed by atoms with Crippen molar-refractivity contribution < 1.29 is 19.0 Å². The number of benzene rings is 1. The third-order valence-corrected chi connectivity index (χ3v) is 4.14. The van der Waals surface area contributed by atoms with Gasteiger partial charge in [0.1, 0.15) is 5.69 Å². The van der Waals surface area contributed by atoms with E-state index in [1.165, 1.54) is 0 Å². The van der Waals surface area contributed by atoms with Gasteiger partial charge in [-0.05, 0) is 30.2 Å². The van der Waals surface area contributed by atoms with Crippen LogP contribution in [-0.4, -0.2) is 38.3 Å². The molecule has 0 aliphatic carbocycles. The van der Waals surface area contributed by atoms with Crippen molar-refractivity contribution in [3.8, 4) is 11.5 Å². The molecule has 132 valence electrons. The van der Waals surface area contributed by atoms with Gasteiger partial charge in [0.05, 0.1) is 26.0 Å². The van der Waals surface area contributed by atoms with Crippen LogP contribution in [0.15, 0.2) is 36.4 Å². The molecular formula is C19H22N2O4. The van der Waals surface area contributed by atoms with E-state index in [1.807, 2.05) is 30.3 Å². The number of rotatable bonds is 6. The van der Waals surface area contributed by atoms with Gasteiger partial charge in [-0.3, -0.25) is 4.79 Å². The van der Waals surface area contributed by atoms with Gasteiger partial charge in [0.2, 0.25) is 0 Å². The molecule has 0 unspecified atom stereocenters. The summed E-state index contributed by atoms with van der Waals surface area (Å²) in [6, 6.07) is 11.2. The lowest BCUT2D eigenvalue weighted by Crippen LogP contribution is -2.35. The van der Waals surface area contributed by atoms with E-state index in [0.717, 1.165) is 29.2 Å². The highest BCUT2D eigenvalue weighted by molar-refractivity contribution is 5.92. The third-order valence-electron chi connectivity index (χ3n) is 4.14. The molecule has 1 N–H and O–H groups in total. The summed E-state index contributed by atoms with van der Waals surface area (Å²) in [4.78, 5) is 16.6. The molecule has 0 fully saturated rings. The molecule has 1 amide bonds. The van der Waals surface area contributed by atoms with E-state index in [-0.39, 0.29) is 11.8 Å². The first-order valence-corrected chi connectivity index (χ1v) is 8.23. The average molecular weight is 342 g/mol. The maximum Gasteiger partial charge on any atom is 0.269 e. The van der Waals surface area contributed by atoms with Gasteiger partial charge < -0.3 is 19.5 Å². The molecule has 3 rings (SSSR count). The maximum atomic E-state index is 12.3. The van der Waals surface area contributed by atoms with Crippen LogP contribution in [0.4, 0.5) is 0 Å². The van der Waals surface area contributed by atoms with E-state index >= 15 is 0 Å². The number of carbonyl (C=O) groups is 1. The molecule has 6 heteroatoms. The number of carbonyl (C=O) groups excluding carboxylic acids is 1. The summed E-state index contributed by atoms with van der Waals surface area (Å²) in [6.45, 7) is 1.46. The summed E-state index contributed by atoms with van der Waals surface area (Å²) in [7, 11) is 3.24. The minimum absolute atomic E-state index is 0.186. The normalized spacial score (nSPS) is 15.8. The Morgan fingerprint density at radius 3 is 2.92 bits per heavy atom. The Morgan fingerprint density at radius 1 is 1.28 bits per heavy atom.